The molecule has 9 heteroatoms. The highest BCUT2D eigenvalue weighted by atomic mass is 32.1. The number of aromatic nitrogens is 3. The van der Waals surface area contributed by atoms with Crippen LogP contribution in [0.4, 0.5) is 13.2 Å². The van der Waals surface area contributed by atoms with E-state index in [0.29, 0.717) is 11.3 Å². The maximum atomic E-state index is 12.7. The van der Waals surface area contributed by atoms with Gasteiger partial charge in [0, 0.05) is 24.7 Å². The van der Waals surface area contributed by atoms with Gasteiger partial charge in [-0.25, -0.2) is 0 Å². The van der Waals surface area contributed by atoms with Gasteiger partial charge in [0.05, 0.1) is 12.1 Å². The van der Waals surface area contributed by atoms with Gasteiger partial charge < -0.3 is 9.30 Å². The Balaban J connectivity index is 1.39. The SMILES string of the molecule is Cc1nnc(CN2CCC(Oc3cccc4c3ccn4CC(F)(F)F)CC2)s1. The molecule has 1 saturated heterocycles. The number of hydrogen-bond acceptors (Lipinski definition) is 5. The summed E-state index contributed by atoms with van der Waals surface area (Å²) in [6, 6.07) is 6.97. The second kappa shape index (κ2) is 7.71. The van der Waals surface area contributed by atoms with Gasteiger partial charge >= 0.3 is 6.18 Å². The first-order valence-electron chi connectivity index (χ1n) is 9.20. The minimum absolute atomic E-state index is 0.0592. The molecule has 5 nitrogen and oxygen atoms in total. The van der Waals surface area contributed by atoms with Crippen molar-refractivity contribution in [1.82, 2.24) is 19.7 Å². The van der Waals surface area contributed by atoms with E-state index in [9.17, 15) is 13.2 Å². The summed E-state index contributed by atoms with van der Waals surface area (Å²) in [5.74, 6) is 0.650. The summed E-state index contributed by atoms with van der Waals surface area (Å²) in [4.78, 5) is 2.33. The Morgan fingerprint density at radius 2 is 1.96 bits per heavy atom. The third-order valence-corrected chi connectivity index (χ3v) is 5.70. The number of ether oxygens (including phenoxy) is 1. The molecule has 4 rings (SSSR count). The van der Waals surface area contributed by atoms with Crippen molar-refractivity contribution in [2.45, 2.75) is 45.1 Å². The van der Waals surface area contributed by atoms with Crippen LogP contribution in [0.1, 0.15) is 22.9 Å². The van der Waals surface area contributed by atoms with E-state index >= 15 is 0 Å². The number of rotatable bonds is 5. The number of alkyl halides is 3. The van der Waals surface area contributed by atoms with Crippen LogP contribution in [0.5, 0.6) is 5.75 Å². The van der Waals surface area contributed by atoms with Gasteiger partial charge in [-0.05, 0) is 38.0 Å². The Kier molecular flexibility index (Phi) is 5.29. The standard InChI is InChI=1S/C19H21F3N4OS/c1-13-23-24-18(28-13)11-25-8-5-14(6-9-25)27-17-4-2-3-16-15(17)7-10-26(16)12-19(20,21)22/h2-4,7,10,14H,5-6,8-9,11-12H2,1H3. The van der Waals surface area contributed by atoms with Gasteiger partial charge in [-0.15, -0.1) is 21.5 Å². The number of nitrogens with zero attached hydrogens (tertiary/aromatic N) is 4. The number of piperidine rings is 1. The topological polar surface area (TPSA) is 43.2 Å². The van der Waals surface area contributed by atoms with Crippen molar-refractivity contribution in [1.29, 1.82) is 0 Å². The zero-order chi connectivity index (χ0) is 19.7. The normalized spacial score (nSPS) is 16.7. The van der Waals surface area contributed by atoms with Gasteiger partial charge in [-0.1, -0.05) is 6.07 Å². The molecule has 1 aromatic carbocycles. The molecule has 28 heavy (non-hydrogen) atoms. The quantitative estimate of drug-likeness (QED) is 0.625. The van der Waals surface area contributed by atoms with E-state index in [1.807, 2.05) is 13.0 Å². The first-order chi connectivity index (χ1) is 13.4. The zero-order valence-corrected chi connectivity index (χ0v) is 16.3. The molecule has 0 saturated carbocycles. The number of aryl methyl sites for hydroxylation is 1. The molecular formula is C19H21F3N4OS. The highest BCUT2D eigenvalue weighted by Crippen LogP contribution is 2.31. The summed E-state index contributed by atoms with van der Waals surface area (Å²) in [5, 5.41) is 10.9. The average Bonchev–Trinajstić information content (AvgIpc) is 3.22. The lowest BCUT2D eigenvalue weighted by Gasteiger charge is -2.31. The van der Waals surface area contributed by atoms with E-state index in [4.69, 9.17) is 4.74 Å². The van der Waals surface area contributed by atoms with Gasteiger partial charge in [0.2, 0.25) is 0 Å². The second-order valence-corrected chi connectivity index (χ2v) is 8.32. The smallest absolute Gasteiger partial charge is 0.406 e. The molecule has 0 aliphatic carbocycles. The lowest BCUT2D eigenvalue weighted by Crippen LogP contribution is -2.37. The molecule has 1 aliphatic rings. The van der Waals surface area contributed by atoms with Crippen molar-refractivity contribution in [2.24, 2.45) is 0 Å². The number of hydrogen-bond donors (Lipinski definition) is 0. The number of benzene rings is 1. The van der Waals surface area contributed by atoms with Crippen molar-refractivity contribution < 1.29 is 17.9 Å². The molecule has 150 valence electrons. The van der Waals surface area contributed by atoms with Crippen LogP contribution in [0, 0.1) is 6.92 Å². The summed E-state index contributed by atoms with van der Waals surface area (Å²) in [7, 11) is 0. The van der Waals surface area contributed by atoms with E-state index in [1.165, 1.54) is 10.8 Å². The van der Waals surface area contributed by atoms with Crippen molar-refractivity contribution in [3.05, 3.63) is 40.5 Å². The fourth-order valence-electron chi connectivity index (χ4n) is 3.59. The predicted octanol–water partition coefficient (Wildman–Crippen LogP) is 4.41. The summed E-state index contributed by atoms with van der Waals surface area (Å²) in [6.45, 7) is 3.55. The first kappa shape index (κ1) is 19.2. The fraction of sp³-hybridized carbons (Fsp3) is 0.474. The van der Waals surface area contributed by atoms with Crippen molar-refractivity contribution in [2.75, 3.05) is 13.1 Å². The van der Waals surface area contributed by atoms with Gasteiger partial charge in [-0.2, -0.15) is 13.2 Å². The molecule has 0 spiro atoms. The van der Waals surface area contributed by atoms with Crippen LogP contribution in [-0.2, 0) is 13.1 Å². The molecule has 0 atom stereocenters. The van der Waals surface area contributed by atoms with E-state index in [0.717, 1.165) is 47.9 Å². The van der Waals surface area contributed by atoms with Crippen LogP contribution in [0.2, 0.25) is 0 Å². The third-order valence-electron chi connectivity index (χ3n) is 4.88. The maximum Gasteiger partial charge on any atom is 0.406 e. The summed E-state index contributed by atoms with van der Waals surface area (Å²) in [5.41, 5.74) is 0.541. The molecule has 0 amide bonds. The van der Waals surface area contributed by atoms with Gasteiger partial charge in [0.25, 0.3) is 0 Å². The van der Waals surface area contributed by atoms with E-state index in [1.54, 1.807) is 29.5 Å². The van der Waals surface area contributed by atoms with Crippen LogP contribution < -0.4 is 4.74 Å². The zero-order valence-electron chi connectivity index (χ0n) is 15.4. The van der Waals surface area contributed by atoms with Crippen LogP contribution in [0.15, 0.2) is 30.5 Å². The van der Waals surface area contributed by atoms with E-state index in [2.05, 4.69) is 15.1 Å². The highest BCUT2D eigenvalue weighted by Gasteiger charge is 2.29. The van der Waals surface area contributed by atoms with Gasteiger partial charge in [0.15, 0.2) is 0 Å². The second-order valence-electron chi connectivity index (χ2n) is 7.06. The molecule has 1 aliphatic heterocycles. The maximum absolute atomic E-state index is 12.7. The summed E-state index contributed by atoms with van der Waals surface area (Å²) >= 11 is 1.61. The minimum atomic E-state index is -4.25. The Labute approximate surface area is 164 Å². The van der Waals surface area contributed by atoms with Crippen LogP contribution >= 0.6 is 11.3 Å². The van der Waals surface area contributed by atoms with Gasteiger partial charge in [-0.3, -0.25) is 4.90 Å². The minimum Gasteiger partial charge on any atom is -0.490 e. The number of likely N-dealkylation sites (tertiary alicyclic amines) is 1. The molecule has 0 N–H and O–H groups in total. The van der Waals surface area contributed by atoms with Crippen LogP contribution in [-0.4, -0.2) is 45.0 Å². The number of fused-ring (bicyclic) bond motifs is 1. The monoisotopic (exact) mass is 410 g/mol. The molecule has 0 bridgehead atoms. The average molecular weight is 410 g/mol. The van der Waals surface area contributed by atoms with E-state index < -0.39 is 12.7 Å². The molecule has 3 heterocycles. The van der Waals surface area contributed by atoms with Crippen LogP contribution in [0.25, 0.3) is 10.9 Å². The third kappa shape index (κ3) is 4.47. The molecule has 3 aromatic rings. The summed E-state index contributed by atoms with van der Waals surface area (Å²) < 4.78 is 45.6. The first-order valence-corrected chi connectivity index (χ1v) is 10.0. The lowest BCUT2D eigenvalue weighted by atomic mass is 10.1. The Morgan fingerprint density at radius 1 is 1.18 bits per heavy atom. The fourth-order valence-corrected chi connectivity index (χ4v) is 4.34. The molecular weight excluding hydrogens is 389 g/mol. The summed E-state index contributed by atoms with van der Waals surface area (Å²) in [6.07, 6.45) is -0.975. The van der Waals surface area contributed by atoms with Crippen molar-refractivity contribution in [3.8, 4) is 5.75 Å². The molecule has 0 unspecified atom stereocenters. The molecule has 0 radical (unpaired) electrons. The molecule has 2 aromatic heterocycles. The van der Waals surface area contributed by atoms with Crippen molar-refractivity contribution >= 4 is 22.2 Å². The number of halogens is 3. The lowest BCUT2D eigenvalue weighted by molar-refractivity contribution is -0.139. The Hall–Kier alpha value is -2.13. The van der Waals surface area contributed by atoms with Crippen molar-refractivity contribution in [3.63, 3.8) is 0 Å². The van der Waals surface area contributed by atoms with Gasteiger partial charge in [0.1, 0.15) is 28.4 Å². The van der Waals surface area contributed by atoms with Crippen LogP contribution in [0.3, 0.4) is 0 Å². The largest absolute Gasteiger partial charge is 0.490 e. The predicted molar refractivity (Wildman–Crippen MR) is 102 cm³/mol. The Morgan fingerprint density at radius 3 is 2.64 bits per heavy atom. The highest BCUT2D eigenvalue weighted by molar-refractivity contribution is 7.11. The molecule has 1 fully saturated rings. The van der Waals surface area contributed by atoms with E-state index in [-0.39, 0.29) is 6.10 Å². The Bertz CT molecular complexity index is 944.